The Hall–Kier alpha value is -2.85. The lowest BCUT2D eigenvalue weighted by Crippen LogP contribution is -2.11. The lowest BCUT2D eigenvalue weighted by Gasteiger charge is -2.18. The van der Waals surface area contributed by atoms with Crippen LogP contribution in [0.4, 0.5) is 10.1 Å². The predicted molar refractivity (Wildman–Crippen MR) is 74.2 cm³/mol. The normalized spacial score (nSPS) is 11.2. The number of hydrogen-bond acceptors (Lipinski definition) is 3. The molecule has 1 unspecified atom stereocenters. The van der Waals surface area contributed by atoms with Gasteiger partial charge in [0.25, 0.3) is 0 Å². The molecule has 0 bridgehead atoms. The minimum atomic E-state index is -0.497. The summed E-state index contributed by atoms with van der Waals surface area (Å²) < 4.78 is 13.9. The van der Waals surface area contributed by atoms with E-state index in [0.717, 1.165) is 5.56 Å². The quantitative estimate of drug-likeness (QED) is 0.915. The Morgan fingerprint density at radius 1 is 1.10 bits per heavy atom. The lowest BCUT2D eigenvalue weighted by atomic mass is 10.0. The fourth-order valence-corrected chi connectivity index (χ4v) is 1.92. The SMILES string of the molecule is N#CCC(Nc1ccc(C#N)cc1F)c1ccccc1. The summed E-state index contributed by atoms with van der Waals surface area (Å²) in [5.74, 6) is -0.497. The lowest BCUT2D eigenvalue weighted by molar-refractivity contribution is 0.625. The number of nitrogens with zero attached hydrogens (tertiary/aromatic N) is 2. The average molecular weight is 265 g/mol. The van der Waals surface area contributed by atoms with Crippen molar-refractivity contribution in [1.29, 1.82) is 10.5 Å². The van der Waals surface area contributed by atoms with Crippen molar-refractivity contribution in [3.63, 3.8) is 0 Å². The summed E-state index contributed by atoms with van der Waals surface area (Å²) in [6.07, 6.45) is 0.226. The highest BCUT2D eigenvalue weighted by atomic mass is 19.1. The van der Waals surface area contributed by atoms with Crippen LogP contribution in [0.5, 0.6) is 0 Å². The highest BCUT2D eigenvalue weighted by Crippen LogP contribution is 2.24. The van der Waals surface area contributed by atoms with Gasteiger partial charge in [0, 0.05) is 0 Å². The largest absolute Gasteiger partial charge is 0.375 e. The Bertz CT molecular complexity index is 668. The van der Waals surface area contributed by atoms with E-state index in [1.807, 2.05) is 36.4 Å². The van der Waals surface area contributed by atoms with Crippen LogP contribution in [0, 0.1) is 28.5 Å². The van der Waals surface area contributed by atoms with Gasteiger partial charge in [-0.15, -0.1) is 0 Å². The number of nitriles is 2. The number of hydrogen-bond donors (Lipinski definition) is 1. The first-order chi connectivity index (χ1) is 9.74. The maximum Gasteiger partial charge on any atom is 0.147 e. The fourth-order valence-electron chi connectivity index (χ4n) is 1.92. The third-order valence-electron chi connectivity index (χ3n) is 2.93. The molecule has 0 saturated carbocycles. The second kappa shape index (κ2) is 6.36. The minimum Gasteiger partial charge on any atom is -0.375 e. The molecule has 1 atom stereocenters. The molecule has 0 spiro atoms. The second-order valence-corrected chi connectivity index (χ2v) is 4.28. The Labute approximate surface area is 116 Å². The van der Waals surface area contributed by atoms with E-state index in [1.54, 1.807) is 6.07 Å². The molecule has 3 nitrogen and oxygen atoms in total. The van der Waals surface area contributed by atoms with E-state index in [1.165, 1.54) is 12.1 Å². The third kappa shape index (κ3) is 3.13. The number of nitrogens with one attached hydrogen (secondary N) is 1. The van der Waals surface area contributed by atoms with Crippen molar-refractivity contribution < 1.29 is 4.39 Å². The van der Waals surface area contributed by atoms with Crippen molar-refractivity contribution in [3.05, 3.63) is 65.5 Å². The van der Waals surface area contributed by atoms with Gasteiger partial charge < -0.3 is 5.32 Å². The summed E-state index contributed by atoms with van der Waals surface area (Å²) in [5, 5.41) is 20.6. The molecule has 0 aliphatic rings. The predicted octanol–water partition coefficient (Wildman–Crippen LogP) is 3.76. The highest BCUT2D eigenvalue weighted by Gasteiger charge is 2.13. The van der Waals surface area contributed by atoms with Crippen LogP contribution in [-0.4, -0.2) is 0 Å². The molecule has 0 saturated heterocycles. The standard InChI is InChI=1S/C16H12FN3/c17-14-10-12(11-19)6-7-16(14)20-15(8-9-18)13-4-2-1-3-5-13/h1-7,10,15,20H,8H2. The van der Waals surface area contributed by atoms with Gasteiger partial charge in [-0.2, -0.15) is 10.5 Å². The molecule has 0 fully saturated rings. The summed E-state index contributed by atoms with van der Waals surface area (Å²) in [7, 11) is 0. The highest BCUT2D eigenvalue weighted by molar-refractivity contribution is 5.50. The number of anilines is 1. The molecule has 2 aromatic rings. The first-order valence-electron chi connectivity index (χ1n) is 6.12. The molecule has 0 aliphatic heterocycles. The van der Waals surface area contributed by atoms with Crippen LogP contribution < -0.4 is 5.32 Å². The van der Waals surface area contributed by atoms with E-state index < -0.39 is 5.82 Å². The van der Waals surface area contributed by atoms with Gasteiger partial charge in [0.05, 0.1) is 35.9 Å². The number of benzene rings is 2. The Balaban J connectivity index is 2.26. The van der Waals surface area contributed by atoms with Crippen LogP contribution in [0.2, 0.25) is 0 Å². The van der Waals surface area contributed by atoms with Crippen LogP contribution in [0.15, 0.2) is 48.5 Å². The summed E-state index contributed by atoms with van der Waals surface area (Å²) in [5.41, 5.74) is 1.47. The van der Waals surface area contributed by atoms with E-state index in [9.17, 15) is 4.39 Å². The molecular formula is C16H12FN3. The molecular weight excluding hydrogens is 253 g/mol. The van der Waals surface area contributed by atoms with E-state index in [0.29, 0.717) is 0 Å². The number of halogens is 1. The van der Waals surface area contributed by atoms with Gasteiger partial charge in [-0.1, -0.05) is 30.3 Å². The monoisotopic (exact) mass is 265 g/mol. The Kier molecular flexibility index (Phi) is 4.32. The summed E-state index contributed by atoms with van der Waals surface area (Å²) >= 11 is 0. The van der Waals surface area contributed by atoms with Gasteiger partial charge in [0.2, 0.25) is 0 Å². The third-order valence-corrected chi connectivity index (χ3v) is 2.93. The van der Waals surface area contributed by atoms with Crippen LogP contribution in [0.3, 0.4) is 0 Å². The van der Waals surface area contributed by atoms with E-state index in [2.05, 4.69) is 11.4 Å². The first-order valence-corrected chi connectivity index (χ1v) is 6.12. The topological polar surface area (TPSA) is 59.6 Å². The van der Waals surface area contributed by atoms with Crippen LogP contribution in [-0.2, 0) is 0 Å². The fraction of sp³-hybridized carbons (Fsp3) is 0.125. The van der Waals surface area contributed by atoms with Crippen molar-refractivity contribution in [1.82, 2.24) is 0 Å². The molecule has 0 radical (unpaired) electrons. The molecule has 20 heavy (non-hydrogen) atoms. The molecule has 2 aromatic carbocycles. The molecule has 1 N–H and O–H groups in total. The van der Waals surface area contributed by atoms with Crippen molar-refractivity contribution in [3.8, 4) is 12.1 Å². The van der Waals surface area contributed by atoms with Gasteiger partial charge in [0.1, 0.15) is 5.82 Å². The van der Waals surface area contributed by atoms with Crippen molar-refractivity contribution in [2.24, 2.45) is 0 Å². The van der Waals surface area contributed by atoms with E-state index >= 15 is 0 Å². The maximum atomic E-state index is 13.9. The summed E-state index contributed by atoms with van der Waals surface area (Å²) in [4.78, 5) is 0. The first kappa shape index (κ1) is 13.6. The van der Waals surface area contributed by atoms with Gasteiger partial charge in [-0.05, 0) is 23.8 Å². The average Bonchev–Trinajstić information content (AvgIpc) is 2.49. The zero-order valence-corrected chi connectivity index (χ0v) is 10.7. The second-order valence-electron chi connectivity index (χ2n) is 4.28. The molecule has 2 rings (SSSR count). The molecule has 0 aromatic heterocycles. The summed E-state index contributed by atoms with van der Waals surface area (Å²) in [6.45, 7) is 0. The van der Waals surface area contributed by atoms with Gasteiger partial charge >= 0.3 is 0 Å². The molecule has 98 valence electrons. The van der Waals surface area contributed by atoms with Gasteiger partial charge in [0.15, 0.2) is 0 Å². The van der Waals surface area contributed by atoms with Crippen molar-refractivity contribution in [2.45, 2.75) is 12.5 Å². The van der Waals surface area contributed by atoms with Crippen molar-refractivity contribution in [2.75, 3.05) is 5.32 Å². The zero-order valence-electron chi connectivity index (χ0n) is 10.7. The molecule has 0 aliphatic carbocycles. The van der Waals surface area contributed by atoms with Crippen LogP contribution in [0.1, 0.15) is 23.6 Å². The number of rotatable bonds is 4. The smallest absolute Gasteiger partial charge is 0.147 e. The Morgan fingerprint density at radius 2 is 1.85 bits per heavy atom. The summed E-state index contributed by atoms with van der Waals surface area (Å²) in [6, 6.07) is 17.3. The van der Waals surface area contributed by atoms with Crippen molar-refractivity contribution >= 4 is 5.69 Å². The minimum absolute atomic E-state index is 0.226. The van der Waals surface area contributed by atoms with Crippen LogP contribution >= 0.6 is 0 Å². The van der Waals surface area contributed by atoms with Crippen LogP contribution in [0.25, 0.3) is 0 Å². The van der Waals surface area contributed by atoms with Gasteiger partial charge in [-0.3, -0.25) is 0 Å². The zero-order chi connectivity index (χ0) is 14.4. The maximum absolute atomic E-state index is 13.9. The molecule has 4 heteroatoms. The van der Waals surface area contributed by atoms with E-state index in [4.69, 9.17) is 10.5 Å². The van der Waals surface area contributed by atoms with E-state index in [-0.39, 0.29) is 23.7 Å². The Morgan fingerprint density at radius 3 is 2.45 bits per heavy atom. The molecule has 0 amide bonds. The molecule has 0 heterocycles. The van der Waals surface area contributed by atoms with Gasteiger partial charge in [-0.25, -0.2) is 4.39 Å².